The average Bonchev–Trinajstić information content (AvgIpc) is 1.75. The zero-order chi connectivity index (χ0) is 9.35. The van der Waals surface area contributed by atoms with E-state index in [9.17, 15) is 0 Å². The Hall–Kier alpha value is -0.0800. The zero-order valence-electron chi connectivity index (χ0n) is 9.09. The molecule has 2 heteroatoms. The van der Waals surface area contributed by atoms with Crippen molar-refractivity contribution in [1.82, 2.24) is 9.80 Å². The highest BCUT2D eigenvalue weighted by atomic mass is 15.3. The van der Waals surface area contributed by atoms with Crippen LogP contribution in [0, 0.1) is 0 Å². The SMILES string of the molecule is CN(C)C[C@H]1CCN1C(C)(C)C. The molecule has 0 aromatic rings. The van der Waals surface area contributed by atoms with Gasteiger partial charge in [0.15, 0.2) is 0 Å². The topological polar surface area (TPSA) is 6.48 Å². The molecule has 72 valence electrons. The van der Waals surface area contributed by atoms with Crippen LogP contribution < -0.4 is 0 Å². The minimum Gasteiger partial charge on any atom is -0.308 e. The van der Waals surface area contributed by atoms with E-state index in [4.69, 9.17) is 0 Å². The first kappa shape index (κ1) is 10.0. The second kappa shape index (κ2) is 3.35. The van der Waals surface area contributed by atoms with Crippen LogP contribution in [0.25, 0.3) is 0 Å². The van der Waals surface area contributed by atoms with E-state index in [0.29, 0.717) is 5.54 Å². The Morgan fingerprint density at radius 1 is 1.33 bits per heavy atom. The predicted molar refractivity (Wildman–Crippen MR) is 53.4 cm³/mol. The van der Waals surface area contributed by atoms with Gasteiger partial charge in [0.25, 0.3) is 0 Å². The monoisotopic (exact) mass is 170 g/mol. The van der Waals surface area contributed by atoms with Crippen LogP contribution in [0.4, 0.5) is 0 Å². The lowest BCUT2D eigenvalue weighted by Gasteiger charge is -2.50. The summed E-state index contributed by atoms with van der Waals surface area (Å²) in [6.45, 7) is 9.39. The van der Waals surface area contributed by atoms with Crippen LogP contribution >= 0.6 is 0 Å². The van der Waals surface area contributed by atoms with Crippen LogP contribution in [-0.2, 0) is 0 Å². The maximum absolute atomic E-state index is 2.59. The van der Waals surface area contributed by atoms with Gasteiger partial charge in [-0.25, -0.2) is 0 Å². The lowest BCUT2D eigenvalue weighted by Crippen LogP contribution is -2.60. The summed E-state index contributed by atoms with van der Waals surface area (Å²) >= 11 is 0. The van der Waals surface area contributed by atoms with Crippen molar-refractivity contribution in [2.45, 2.75) is 38.8 Å². The minimum atomic E-state index is 0.360. The van der Waals surface area contributed by atoms with Crippen LogP contribution in [0.1, 0.15) is 27.2 Å². The quantitative estimate of drug-likeness (QED) is 0.618. The van der Waals surface area contributed by atoms with Gasteiger partial charge in [-0.1, -0.05) is 0 Å². The van der Waals surface area contributed by atoms with Gasteiger partial charge >= 0.3 is 0 Å². The number of rotatable bonds is 2. The van der Waals surface area contributed by atoms with Crippen molar-refractivity contribution in [3.63, 3.8) is 0 Å². The first-order valence-electron chi connectivity index (χ1n) is 4.83. The van der Waals surface area contributed by atoms with E-state index in [1.807, 2.05) is 0 Å². The van der Waals surface area contributed by atoms with E-state index in [1.165, 1.54) is 19.5 Å². The number of likely N-dealkylation sites (N-methyl/N-ethyl adjacent to an activating group) is 1. The molecule has 1 rings (SSSR count). The highest BCUT2D eigenvalue weighted by molar-refractivity contribution is 4.92. The molecule has 1 heterocycles. The maximum Gasteiger partial charge on any atom is 0.0240 e. The largest absolute Gasteiger partial charge is 0.308 e. The van der Waals surface area contributed by atoms with Gasteiger partial charge < -0.3 is 4.90 Å². The lowest BCUT2D eigenvalue weighted by molar-refractivity contribution is -0.00967. The Kier molecular flexibility index (Phi) is 2.79. The van der Waals surface area contributed by atoms with Gasteiger partial charge in [0, 0.05) is 24.7 Å². The fourth-order valence-electron chi connectivity index (χ4n) is 1.94. The van der Waals surface area contributed by atoms with Crippen molar-refractivity contribution >= 4 is 0 Å². The van der Waals surface area contributed by atoms with Crippen molar-refractivity contribution < 1.29 is 0 Å². The van der Waals surface area contributed by atoms with Crippen molar-refractivity contribution in [3.05, 3.63) is 0 Å². The van der Waals surface area contributed by atoms with Crippen LogP contribution in [0.3, 0.4) is 0 Å². The Morgan fingerprint density at radius 2 is 1.92 bits per heavy atom. The van der Waals surface area contributed by atoms with Crippen molar-refractivity contribution in [1.29, 1.82) is 0 Å². The average molecular weight is 170 g/mol. The summed E-state index contributed by atoms with van der Waals surface area (Å²) in [7, 11) is 4.30. The fraction of sp³-hybridized carbons (Fsp3) is 1.00. The first-order chi connectivity index (χ1) is 5.41. The van der Waals surface area contributed by atoms with E-state index in [0.717, 1.165) is 6.04 Å². The molecule has 1 atom stereocenters. The van der Waals surface area contributed by atoms with Crippen LogP contribution in [0.15, 0.2) is 0 Å². The van der Waals surface area contributed by atoms with Gasteiger partial charge in [-0.2, -0.15) is 0 Å². The third kappa shape index (κ3) is 2.20. The van der Waals surface area contributed by atoms with E-state index in [2.05, 4.69) is 44.7 Å². The Morgan fingerprint density at radius 3 is 2.17 bits per heavy atom. The molecule has 12 heavy (non-hydrogen) atoms. The smallest absolute Gasteiger partial charge is 0.0240 e. The molecule has 0 bridgehead atoms. The third-order valence-corrected chi connectivity index (χ3v) is 2.58. The molecule has 0 aromatic carbocycles. The standard InChI is InChI=1S/C10H22N2/c1-10(2,3)12-7-6-9(12)8-11(4)5/h9H,6-8H2,1-5H3/t9-/m1/s1. The summed E-state index contributed by atoms with van der Waals surface area (Å²) in [5.74, 6) is 0. The summed E-state index contributed by atoms with van der Waals surface area (Å²) in [4.78, 5) is 4.87. The van der Waals surface area contributed by atoms with Crippen LogP contribution in [-0.4, -0.2) is 48.6 Å². The van der Waals surface area contributed by atoms with Crippen molar-refractivity contribution in [3.8, 4) is 0 Å². The number of nitrogens with zero attached hydrogens (tertiary/aromatic N) is 2. The molecule has 0 unspecified atom stereocenters. The van der Waals surface area contributed by atoms with Gasteiger partial charge in [0.1, 0.15) is 0 Å². The fourth-order valence-corrected chi connectivity index (χ4v) is 1.94. The zero-order valence-corrected chi connectivity index (χ0v) is 9.09. The molecule has 0 saturated carbocycles. The Labute approximate surface area is 76.5 Å². The summed E-state index contributed by atoms with van der Waals surface area (Å²) in [6, 6.07) is 0.792. The molecule has 0 radical (unpaired) electrons. The van der Waals surface area contributed by atoms with Gasteiger partial charge in [0.2, 0.25) is 0 Å². The maximum atomic E-state index is 2.59. The summed E-state index contributed by atoms with van der Waals surface area (Å²) in [5, 5.41) is 0. The summed E-state index contributed by atoms with van der Waals surface area (Å²) in [6.07, 6.45) is 1.37. The Bertz CT molecular complexity index is 146. The van der Waals surface area contributed by atoms with E-state index >= 15 is 0 Å². The van der Waals surface area contributed by atoms with Crippen molar-refractivity contribution in [2.75, 3.05) is 27.2 Å². The van der Waals surface area contributed by atoms with Gasteiger partial charge in [-0.15, -0.1) is 0 Å². The molecule has 0 aromatic heterocycles. The number of hydrogen-bond acceptors (Lipinski definition) is 2. The highest BCUT2D eigenvalue weighted by Crippen LogP contribution is 2.27. The van der Waals surface area contributed by atoms with Crippen molar-refractivity contribution in [2.24, 2.45) is 0 Å². The molecule has 1 saturated heterocycles. The van der Waals surface area contributed by atoms with E-state index in [-0.39, 0.29) is 0 Å². The molecule has 1 aliphatic heterocycles. The Balaban J connectivity index is 2.39. The number of hydrogen-bond donors (Lipinski definition) is 0. The lowest BCUT2D eigenvalue weighted by atomic mass is 9.93. The van der Waals surface area contributed by atoms with Gasteiger partial charge in [0.05, 0.1) is 0 Å². The summed E-state index contributed by atoms with van der Waals surface area (Å²) < 4.78 is 0. The normalized spacial score (nSPS) is 26.0. The molecule has 0 spiro atoms. The van der Waals surface area contributed by atoms with Crippen LogP contribution in [0.5, 0.6) is 0 Å². The second-order valence-corrected chi connectivity index (χ2v) is 5.07. The summed E-state index contributed by atoms with van der Waals surface area (Å²) in [5.41, 5.74) is 0.360. The minimum absolute atomic E-state index is 0.360. The third-order valence-electron chi connectivity index (χ3n) is 2.58. The molecule has 2 nitrogen and oxygen atoms in total. The highest BCUT2D eigenvalue weighted by Gasteiger charge is 2.35. The predicted octanol–water partition coefficient (Wildman–Crippen LogP) is 1.42. The van der Waals surface area contributed by atoms with E-state index in [1.54, 1.807) is 0 Å². The molecular weight excluding hydrogens is 148 g/mol. The van der Waals surface area contributed by atoms with Crippen LogP contribution in [0.2, 0.25) is 0 Å². The molecule has 0 aliphatic carbocycles. The molecular formula is C10H22N2. The first-order valence-corrected chi connectivity index (χ1v) is 4.83. The van der Waals surface area contributed by atoms with E-state index < -0.39 is 0 Å². The number of likely N-dealkylation sites (tertiary alicyclic amines) is 1. The van der Waals surface area contributed by atoms with Gasteiger partial charge in [-0.3, -0.25) is 4.90 Å². The van der Waals surface area contributed by atoms with Gasteiger partial charge in [-0.05, 0) is 41.3 Å². The molecule has 1 fully saturated rings. The molecule has 0 N–H and O–H groups in total. The molecule has 1 aliphatic rings. The molecule has 0 amide bonds. The second-order valence-electron chi connectivity index (χ2n) is 5.07.